The summed E-state index contributed by atoms with van der Waals surface area (Å²) < 4.78 is 13.3. The molecule has 1 aromatic heterocycles. The first-order chi connectivity index (χ1) is 11.3. The van der Waals surface area contributed by atoms with Crippen LogP contribution in [0, 0.1) is 5.82 Å². The molecule has 3 aromatic rings. The molecule has 4 rings (SSSR count). The number of halogens is 1. The Morgan fingerprint density at radius 3 is 2.35 bits per heavy atom. The number of nitrogens with zero attached hydrogens (tertiary/aromatic N) is 2. The summed E-state index contributed by atoms with van der Waals surface area (Å²) in [7, 11) is 0. The zero-order valence-corrected chi connectivity index (χ0v) is 12.8. The Labute approximate surface area is 134 Å². The Morgan fingerprint density at radius 2 is 1.61 bits per heavy atom. The van der Waals surface area contributed by atoms with Gasteiger partial charge in [-0.15, -0.1) is 10.2 Å². The molecule has 0 saturated heterocycles. The Balaban J connectivity index is 1.58. The minimum Gasteiger partial charge on any atom is -0.325 e. The Morgan fingerprint density at radius 1 is 0.870 bits per heavy atom. The minimum atomic E-state index is -0.219. The molecule has 1 aliphatic rings. The van der Waals surface area contributed by atoms with E-state index in [-0.39, 0.29) is 5.82 Å². The number of hydrogen-bond acceptors (Lipinski definition) is 2. The Bertz CT molecular complexity index is 801. The average molecular weight is 307 g/mol. The van der Waals surface area contributed by atoms with Crippen LogP contribution >= 0.6 is 0 Å². The van der Waals surface area contributed by atoms with Crippen molar-refractivity contribution in [2.45, 2.75) is 31.6 Å². The summed E-state index contributed by atoms with van der Waals surface area (Å²) in [4.78, 5) is 3.36. The van der Waals surface area contributed by atoms with Gasteiger partial charge in [0.25, 0.3) is 0 Å². The van der Waals surface area contributed by atoms with Gasteiger partial charge in [-0.1, -0.05) is 49.2 Å². The topological polar surface area (TPSA) is 41.6 Å². The van der Waals surface area contributed by atoms with E-state index in [0.29, 0.717) is 5.92 Å². The van der Waals surface area contributed by atoms with E-state index < -0.39 is 0 Å². The van der Waals surface area contributed by atoms with Crippen LogP contribution in [0.15, 0.2) is 48.5 Å². The molecule has 116 valence electrons. The van der Waals surface area contributed by atoms with Crippen molar-refractivity contribution in [3.05, 3.63) is 60.2 Å². The fraction of sp³-hybridized carbons (Fsp3) is 0.263. The van der Waals surface area contributed by atoms with Crippen molar-refractivity contribution < 1.29 is 4.39 Å². The highest BCUT2D eigenvalue weighted by atomic mass is 19.1. The molecule has 1 fully saturated rings. The molecular weight excluding hydrogens is 289 g/mol. The molecule has 0 amide bonds. The first-order valence-corrected chi connectivity index (χ1v) is 8.08. The van der Waals surface area contributed by atoms with Gasteiger partial charge in [0.2, 0.25) is 0 Å². The van der Waals surface area contributed by atoms with Crippen LogP contribution in [-0.2, 0) is 0 Å². The van der Waals surface area contributed by atoms with Gasteiger partial charge in [0, 0.05) is 11.5 Å². The highest BCUT2D eigenvalue weighted by Crippen LogP contribution is 2.33. The van der Waals surface area contributed by atoms with E-state index in [1.54, 1.807) is 12.1 Å². The highest BCUT2D eigenvalue weighted by molar-refractivity contribution is 5.67. The largest absolute Gasteiger partial charge is 0.325 e. The van der Waals surface area contributed by atoms with E-state index in [1.165, 1.54) is 31.7 Å². The standard InChI is InChI=1S/C19H18FN3/c20-17-7-3-6-16(12-17)13-8-10-15(11-9-13)19-21-18(22-23-19)14-4-1-2-5-14/h3,6-12,14H,1-2,4-5H2,(H,21,22,23). The van der Waals surface area contributed by atoms with E-state index in [0.717, 1.165) is 28.3 Å². The van der Waals surface area contributed by atoms with E-state index in [9.17, 15) is 4.39 Å². The Kier molecular flexibility index (Phi) is 3.66. The summed E-state index contributed by atoms with van der Waals surface area (Å²) in [5, 5.41) is 8.59. The maximum absolute atomic E-state index is 13.3. The van der Waals surface area contributed by atoms with Crippen molar-refractivity contribution in [3.8, 4) is 22.5 Å². The summed E-state index contributed by atoms with van der Waals surface area (Å²) >= 11 is 0. The molecule has 4 heteroatoms. The third-order valence-corrected chi connectivity index (χ3v) is 4.56. The lowest BCUT2D eigenvalue weighted by Crippen LogP contribution is -1.94. The first-order valence-electron chi connectivity index (χ1n) is 8.08. The van der Waals surface area contributed by atoms with Crippen LogP contribution in [0.4, 0.5) is 4.39 Å². The van der Waals surface area contributed by atoms with Gasteiger partial charge in [0.15, 0.2) is 5.82 Å². The predicted molar refractivity (Wildman–Crippen MR) is 88.4 cm³/mol. The monoisotopic (exact) mass is 307 g/mol. The summed E-state index contributed by atoms with van der Waals surface area (Å²) in [6.07, 6.45) is 4.96. The maximum Gasteiger partial charge on any atom is 0.161 e. The SMILES string of the molecule is Fc1cccc(-c2ccc(-c3nnc(C4CCCC4)[nH]3)cc2)c1. The number of aromatic nitrogens is 3. The van der Waals surface area contributed by atoms with Crippen molar-refractivity contribution in [2.24, 2.45) is 0 Å². The van der Waals surface area contributed by atoms with Gasteiger partial charge in [-0.3, -0.25) is 0 Å². The van der Waals surface area contributed by atoms with Gasteiger partial charge in [0.1, 0.15) is 11.6 Å². The van der Waals surface area contributed by atoms with Crippen molar-refractivity contribution in [3.63, 3.8) is 0 Å². The van der Waals surface area contributed by atoms with Crippen LogP contribution in [0.2, 0.25) is 0 Å². The van der Waals surface area contributed by atoms with Crippen LogP contribution in [-0.4, -0.2) is 15.2 Å². The lowest BCUT2D eigenvalue weighted by Gasteiger charge is -2.04. The van der Waals surface area contributed by atoms with E-state index >= 15 is 0 Å². The van der Waals surface area contributed by atoms with E-state index in [1.807, 2.05) is 30.3 Å². The lowest BCUT2D eigenvalue weighted by atomic mass is 10.0. The molecule has 0 unspecified atom stereocenters. The van der Waals surface area contributed by atoms with Gasteiger partial charge in [-0.05, 0) is 36.1 Å². The molecule has 1 N–H and O–H groups in total. The van der Waals surface area contributed by atoms with Gasteiger partial charge < -0.3 is 4.98 Å². The van der Waals surface area contributed by atoms with Crippen molar-refractivity contribution in [2.75, 3.05) is 0 Å². The molecule has 0 bridgehead atoms. The number of benzene rings is 2. The van der Waals surface area contributed by atoms with Crippen molar-refractivity contribution in [1.82, 2.24) is 15.2 Å². The van der Waals surface area contributed by atoms with E-state index in [2.05, 4.69) is 15.2 Å². The van der Waals surface area contributed by atoms with E-state index in [4.69, 9.17) is 0 Å². The molecular formula is C19H18FN3. The number of rotatable bonds is 3. The highest BCUT2D eigenvalue weighted by Gasteiger charge is 2.20. The molecule has 0 aliphatic heterocycles. The van der Waals surface area contributed by atoms with Gasteiger partial charge in [0.05, 0.1) is 0 Å². The predicted octanol–water partition coefficient (Wildman–Crippen LogP) is 4.94. The second-order valence-electron chi connectivity index (χ2n) is 6.13. The third kappa shape index (κ3) is 2.89. The zero-order valence-electron chi connectivity index (χ0n) is 12.8. The van der Waals surface area contributed by atoms with Crippen molar-refractivity contribution in [1.29, 1.82) is 0 Å². The lowest BCUT2D eigenvalue weighted by molar-refractivity contribution is 0.628. The average Bonchev–Trinajstić information content (AvgIpc) is 3.26. The fourth-order valence-electron chi connectivity index (χ4n) is 3.28. The number of nitrogens with one attached hydrogen (secondary N) is 1. The van der Waals surface area contributed by atoms with Crippen LogP contribution in [0.25, 0.3) is 22.5 Å². The quantitative estimate of drug-likeness (QED) is 0.745. The zero-order chi connectivity index (χ0) is 15.6. The Hall–Kier alpha value is -2.49. The van der Waals surface area contributed by atoms with Gasteiger partial charge in [-0.2, -0.15) is 0 Å². The second kappa shape index (κ2) is 5.95. The summed E-state index contributed by atoms with van der Waals surface area (Å²) in [6.45, 7) is 0. The van der Waals surface area contributed by atoms with Gasteiger partial charge >= 0.3 is 0 Å². The van der Waals surface area contributed by atoms with Crippen LogP contribution in [0.3, 0.4) is 0 Å². The van der Waals surface area contributed by atoms with Gasteiger partial charge in [-0.25, -0.2) is 4.39 Å². The van der Waals surface area contributed by atoms with Crippen LogP contribution in [0.1, 0.15) is 37.4 Å². The molecule has 3 nitrogen and oxygen atoms in total. The fourth-order valence-corrected chi connectivity index (χ4v) is 3.28. The minimum absolute atomic E-state index is 0.219. The molecule has 1 saturated carbocycles. The normalized spacial score (nSPS) is 15.2. The number of hydrogen-bond donors (Lipinski definition) is 1. The molecule has 0 atom stereocenters. The number of aromatic amines is 1. The molecule has 0 spiro atoms. The third-order valence-electron chi connectivity index (χ3n) is 4.56. The smallest absolute Gasteiger partial charge is 0.161 e. The number of H-pyrrole nitrogens is 1. The summed E-state index contributed by atoms with van der Waals surface area (Å²) in [6, 6.07) is 14.6. The molecule has 2 aromatic carbocycles. The molecule has 0 radical (unpaired) electrons. The van der Waals surface area contributed by atoms with Crippen molar-refractivity contribution >= 4 is 0 Å². The van der Waals surface area contributed by atoms with Crippen LogP contribution in [0.5, 0.6) is 0 Å². The maximum atomic E-state index is 13.3. The van der Waals surface area contributed by atoms with Crippen LogP contribution < -0.4 is 0 Å². The second-order valence-corrected chi connectivity index (χ2v) is 6.13. The summed E-state index contributed by atoms with van der Waals surface area (Å²) in [5.74, 6) is 2.12. The summed E-state index contributed by atoms with van der Waals surface area (Å²) in [5.41, 5.74) is 2.87. The first kappa shape index (κ1) is 14.1. The molecule has 1 heterocycles. The molecule has 1 aliphatic carbocycles. The molecule has 23 heavy (non-hydrogen) atoms.